The maximum atomic E-state index is 12.0. The third-order valence-corrected chi connectivity index (χ3v) is 4.42. The lowest BCUT2D eigenvalue weighted by atomic mass is 9.92. The minimum atomic E-state index is -0.747. The number of amides is 2. The van der Waals surface area contributed by atoms with Gasteiger partial charge in [0.15, 0.2) is 0 Å². The van der Waals surface area contributed by atoms with E-state index in [-0.39, 0.29) is 18.0 Å². The SMILES string of the molecule is CCSCCCNC(=O)N1CCC(C(=O)O)CC1C. The fourth-order valence-corrected chi connectivity index (χ4v) is 2.95. The monoisotopic (exact) mass is 288 g/mol. The second-order valence-corrected chi connectivity index (χ2v) is 6.28. The molecule has 0 aromatic heterocycles. The number of carbonyl (C=O) groups excluding carboxylic acids is 1. The maximum Gasteiger partial charge on any atom is 0.317 e. The zero-order valence-corrected chi connectivity index (χ0v) is 12.5. The van der Waals surface area contributed by atoms with Gasteiger partial charge in [0.05, 0.1) is 5.92 Å². The zero-order chi connectivity index (χ0) is 14.3. The summed E-state index contributed by atoms with van der Waals surface area (Å²) in [4.78, 5) is 24.7. The highest BCUT2D eigenvalue weighted by atomic mass is 32.2. The number of rotatable bonds is 6. The Bertz CT molecular complexity index is 312. The van der Waals surface area contributed by atoms with Gasteiger partial charge in [-0.1, -0.05) is 6.92 Å². The van der Waals surface area contributed by atoms with Crippen molar-refractivity contribution in [1.29, 1.82) is 0 Å². The van der Waals surface area contributed by atoms with Crippen molar-refractivity contribution in [1.82, 2.24) is 10.2 Å². The molecule has 0 bridgehead atoms. The Hall–Kier alpha value is -0.910. The highest BCUT2D eigenvalue weighted by molar-refractivity contribution is 7.99. The smallest absolute Gasteiger partial charge is 0.317 e. The molecule has 0 aromatic rings. The molecule has 0 aliphatic carbocycles. The van der Waals surface area contributed by atoms with E-state index in [4.69, 9.17) is 5.11 Å². The molecule has 1 fully saturated rings. The fourth-order valence-electron chi connectivity index (χ4n) is 2.31. The van der Waals surface area contributed by atoms with Crippen molar-refractivity contribution in [2.75, 3.05) is 24.6 Å². The lowest BCUT2D eigenvalue weighted by molar-refractivity contribution is -0.143. The molecule has 2 amide bonds. The first-order chi connectivity index (χ1) is 9.06. The van der Waals surface area contributed by atoms with Gasteiger partial charge >= 0.3 is 12.0 Å². The van der Waals surface area contributed by atoms with Gasteiger partial charge in [-0.25, -0.2) is 4.79 Å². The van der Waals surface area contributed by atoms with Gasteiger partial charge in [-0.15, -0.1) is 0 Å². The minimum absolute atomic E-state index is 0.000123. The van der Waals surface area contributed by atoms with Crippen molar-refractivity contribution in [3.8, 4) is 0 Å². The molecule has 2 unspecified atom stereocenters. The Kier molecular flexibility index (Phi) is 7.05. The summed E-state index contributed by atoms with van der Waals surface area (Å²) in [6, 6.07) is -0.0577. The van der Waals surface area contributed by atoms with E-state index in [1.807, 2.05) is 18.7 Å². The molecule has 1 aliphatic heterocycles. The van der Waals surface area contributed by atoms with Crippen molar-refractivity contribution in [3.63, 3.8) is 0 Å². The average Bonchev–Trinajstić information content (AvgIpc) is 2.38. The van der Waals surface area contributed by atoms with Crippen molar-refractivity contribution in [2.45, 2.75) is 39.2 Å². The van der Waals surface area contributed by atoms with Crippen LogP contribution in [0.4, 0.5) is 4.79 Å². The summed E-state index contributed by atoms with van der Waals surface area (Å²) < 4.78 is 0. The molecule has 5 nitrogen and oxygen atoms in total. The highest BCUT2D eigenvalue weighted by Crippen LogP contribution is 2.22. The molecule has 6 heteroatoms. The molecule has 1 rings (SSSR count). The van der Waals surface area contributed by atoms with Gasteiger partial charge in [-0.05, 0) is 37.7 Å². The molecule has 0 saturated carbocycles. The first kappa shape index (κ1) is 16.1. The van der Waals surface area contributed by atoms with E-state index < -0.39 is 5.97 Å². The number of thioether (sulfide) groups is 1. The van der Waals surface area contributed by atoms with Crippen LogP contribution in [0.1, 0.15) is 33.1 Å². The number of carboxylic acids is 1. The number of nitrogens with zero attached hydrogens (tertiary/aromatic N) is 1. The zero-order valence-electron chi connectivity index (χ0n) is 11.7. The number of hydrogen-bond donors (Lipinski definition) is 2. The molecular weight excluding hydrogens is 264 g/mol. The number of carboxylic acid groups (broad SMARTS) is 1. The Morgan fingerprint density at radius 2 is 2.21 bits per heavy atom. The van der Waals surface area contributed by atoms with E-state index in [2.05, 4.69) is 12.2 Å². The summed E-state index contributed by atoms with van der Waals surface area (Å²) in [5, 5.41) is 11.9. The lowest BCUT2D eigenvalue weighted by Gasteiger charge is -2.36. The third kappa shape index (κ3) is 5.30. The van der Waals surface area contributed by atoms with Crippen molar-refractivity contribution in [3.05, 3.63) is 0 Å². The van der Waals surface area contributed by atoms with Gasteiger partial charge < -0.3 is 15.3 Å². The van der Waals surface area contributed by atoms with E-state index in [0.717, 1.165) is 17.9 Å². The van der Waals surface area contributed by atoms with Gasteiger partial charge in [-0.2, -0.15) is 11.8 Å². The summed E-state index contributed by atoms with van der Waals surface area (Å²) in [7, 11) is 0. The normalized spacial score (nSPS) is 23.2. The van der Waals surface area contributed by atoms with Crippen LogP contribution in [0.15, 0.2) is 0 Å². The summed E-state index contributed by atoms with van der Waals surface area (Å²) >= 11 is 1.87. The Morgan fingerprint density at radius 1 is 1.47 bits per heavy atom. The van der Waals surface area contributed by atoms with E-state index in [0.29, 0.717) is 25.9 Å². The maximum absolute atomic E-state index is 12.0. The predicted molar refractivity (Wildman–Crippen MR) is 77.5 cm³/mol. The fraction of sp³-hybridized carbons (Fsp3) is 0.846. The van der Waals surface area contributed by atoms with Crippen LogP contribution < -0.4 is 5.32 Å². The first-order valence-electron chi connectivity index (χ1n) is 6.91. The molecule has 2 N–H and O–H groups in total. The van der Waals surface area contributed by atoms with E-state index >= 15 is 0 Å². The van der Waals surface area contributed by atoms with Gasteiger partial charge in [0.1, 0.15) is 0 Å². The number of likely N-dealkylation sites (tertiary alicyclic amines) is 1. The predicted octanol–water partition coefficient (Wildman–Crippen LogP) is 2.02. The molecule has 1 heterocycles. The van der Waals surface area contributed by atoms with Crippen LogP contribution in [0, 0.1) is 5.92 Å². The molecule has 1 saturated heterocycles. The number of hydrogen-bond acceptors (Lipinski definition) is 3. The largest absolute Gasteiger partial charge is 0.481 e. The number of nitrogens with one attached hydrogen (secondary N) is 1. The number of piperidine rings is 1. The second-order valence-electron chi connectivity index (χ2n) is 4.88. The first-order valence-corrected chi connectivity index (χ1v) is 8.06. The van der Waals surface area contributed by atoms with E-state index in [1.54, 1.807) is 4.90 Å². The Labute approximate surface area is 119 Å². The molecule has 110 valence electrons. The molecule has 0 aromatic carbocycles. The van der Waals surface area contributed by atoms with E-state index in [9.17, 15) is 9.59 Å². The molecular formula is C13H24N2O3S. The molecule has 0 radical (unpaired) electrons. The summed E-state index contributed by atoms with van der Waals surface area (Å²) in [6.07, 6.45) is 2.08. The van der Waals surface area contributed by atoms with Crippen molar-refractivity contribution in [2.24, 2.45) is 5.92 Å². The Morgan fingerprint density at radius 3 is 2.79 bits per heavy atom. The van der Waals surface area contributed by atoms with Crippen LogP contribution in [0.25, 0.3) is 0 Å². The van der Waals surface area contributed by atoms with Crippen LogP contribution in [0.2, 0.25) is 0 Å². The topological polar surface area (TPSA) is 69.6 Å². The van der Waals surface area contributed by atoms with Crippen LogP contribution in [0.5, 0.6) is 0 Å². The summed E-state index contributed by atoms with van der Waals surface area (Å²) in [6.45, 7) is 5.27. The summed E-state index contributed by atoms with van der Waals surface area (Å²) in [5.41, 5.74) is 0. The van der Waals surface area contributed by atoms with Crippen LogP contribution in [0.3, 0.4) is 0 Å². The van der Waals surface area contributed by atoms with E-state index in [1.165, 1.54) is 0 Å². The van der Waals surface area contributed by atoms with Crippen molar-refractivity contribution < 1.29 is 14.7 Å². The second kappa shape index (κ2) is 8.30. The van der Waals surface area contributed by atoms with Gasteiger partial charge in [0, 0.05) is 19.1 Å². The molecule has 0 spiro atoms. The number of aliphatic carboxylic acids is 1. The molecule has 1 aliphatic rings. The van der Waals surface area contributed by atoms with Crippen LogP contribution in [-0.2, 0) is 4.79 Å². The lowest BCUT2D eigenvalue weighted by Crippen LogP contribution is -2.50. The quantitative estimate of drug-likeness (QED) is 0.734. The standard InChI is InChI=1S/C13H24N2O3S/c1-3-19-8-4-6-14-13(18)15-7-5-11(12(16)17)9-10(15)2/h10-11H,3-9H2,1-2H3,(H,14,18)(H,16,17). The molecule has 2 atom stereocenters. The number of urea groups is 1. The Balaban J connectivity index is 2.27. The average molecular weight is 288 g/mol. The number of carbonyl (C=O) groups is 2. The molecule has 19 heavy (non-hydrogen) atoms. The van der Waals surface area contributed by atoms with Crippen LogP contribution in [-0.4, -0.2) is 52.6 Å². The van der Waals surface area contributed by atoms with Gasteiger partial charge in [-0.3, -0.25) is 4.79 Å². The summed E-state index contributed by atoms with van der Waals surface area (Å²) in [5.74, 6) is 1.12. The third-order valence-electron chi connectivity index (χ3n) is 3.43. The van der Waals surface area contributed by atoms with Crippen LogP contribution >= 0.6 is 11.8 Å². The van der Waals surface area contributed by atoms with Gasteiger partial charge in [0.25, 0.3) is 0 Å². The van der Waals surface area contributed by atoms with Crippen molar-refractivity contribution >= 4 is 23.8 Å². The van der Waals surface area contributed by atoms with Gasteiger partial charge in [0.2, 0.25) is 0 Å². The highest BCUT2D eigenvalue weighted by Gasteiger charge is 2.31. The minimum Gasteiger partial charge on any atom is -0.481 e.